The molecule has 0 aliphatic heterocycles. The maximum absolute atomic E-state index is 14.6. The van der Waals surface area contributed by atoms with Gasteiger partial charge in [-0.2, -0.15) is 17.2 Å². The van der Waals surface area contributed by atoms with Gasteiger partial charge >= 0.3 is 39.2 Å². The highest BCUT2D eigenvalue weighted by Crippen LogP contribution is 2.68. The third-order valence-electron chi connectivity index (χ3n) is 12.2. The van der Waals surface area contributed by atoms with Gasteiger partial charge < -0.3 is 18.9 Å². The van der Waals surface area contributed by atoms with Crippen molar-refractivity contribution in [3.8, 4) is 0 Å². The van der Waals surface area contributed by atoms with Crippen LogP contribution in [0.15, 0.2) is 36.4 Å². The number of carbonyl (C=O) groups excluding carboxylic acids is 4. The Bertz CT molecular complexity index is 2260. The Morgan fingerprint density at radius 2 is 1.02 bits per heavy atom. The minimum Gasteiger partial charge on any atom is -0.458 e. The third kappa shape index (κ3) is 7.58. The van der Waals surface area contributed by atoms with Gasteiger partial charge in [0.15, 0.2) is 6.61 Å². The van der Waals surface area contributed by atoms with Crippen LogP contribution >= 0.6 is 0 Å². The van der Waals surface area contributed by atoms with Crippen LogP contribution in [-0.4, -0.2) is 65.5 Å². The lowest BCUT2D eigenvalue weighted by Crippen LogP contribution is -2.73. The van der Waals surface area contributed by atoms with Gasteiger partial charge in [0.2, 0.25) is 0 Å². The molecule has 3 aromatic rings. The van der Waals surface area contributed by atoms with Crippen molar-refractivity contribution in [2.75, 3.05) is 6.61 Å². The molecule has 0 saturated heterocycles. The topological polar surface area (TPSA) is 160 Å². The molecule has 14 heteroatoms. The van der Waals surface area contributed by atoms with E-state index in [1.165, 1.54) is 0 Å². The first kappa shape index (κ1) is 41.9. The second kappa shape index (κ2) is 14.0. The van der Waals surface area contributed by atoms with Crippen LogP contribution in [0.2, 0.25) is 0 Å². The van der Waals surface area contributed by atoms with E-state index in [1.807, 2.05) is 52.8 Å². The van der Waals surface area contributed by atoms with E-state index >= 15 is 0 Å². The second-order valence-corrected chi connectivity index (χ2v) is 18.5. The number of rotatable bonds is 10. The summed E-state index contributed by atoms with van der Waals surface area (Å²) in [6.07, 6.45) is -1.34. The zero-order valence-electron chi connectivity index (χ0n) is 33.6. The summed E-state index contributed by atoms with van der Waals surface area (Å²) in [5.41, 5.74) is 0.287. The Labute approximate surface area is 331 Å². The largest absolute Gasteiger partial charge is 0.458 e. The molecule has 3 aromatic carbocycles. The predicted molar refractivity (Wildman–Crippen MR) is 204 cm³/mol. The highest BCUT2D eigenvalue weighted by Gasteiger charge is 2.75. The van der Waals surface area contributed by atoms with Crippen molar-refractivity contribution in [3.63, 3.8) is 0 Å². The van der Waals surface area contributed by atoms with Gasteiger partial charge in [-0.3, -0.25) is 9.35 Å². The van der Waals surface area contributed by atoms with Gasteiger partial charge in [0, 0.05) is 38.5 Å². The Morgan fingerprint density at radius 3 is 1.44 bits per heavy atom. The fourth-order valence-corrected chi connectivity index (χ4v) is 10.0. The highest BCUT2D eigenvalue weighted by molar-refractivity contribution is 7.86. The molecule has 7 rings (SSSR count). The average molecular weight is 811 g/mol. The number of ether oxygens (including phenoxy) is 4. The highest BCUT2D eigenvalue weighted by atomic mass is 32.2. The van der Waals surface area contributed by atoms with Crippen molar-refractivity contribution in [1.82, 2.24) is 0 Å². The summed E-state index contributed by atoms with van der Waals surface area (Å²) in [6.45, 7) is 14.1. The van der Waals surface area contributed by atoms with Crippen LogP contribution in [0.4, 0.5) is 8.78 Å². The minimum atomic E-state index is -5.98. The number of carbonyl (C=O) groups is 4. The van der Waals surface area contributed by atoms with Crippen molar-refractivity contribution in [1.29, 1.82) is 0 Å². The smallest absolute Gasteiger partial charge is 0.402 e. The maximum atomic E-state index is 14.6. The molecule has 11 nitrogen and oxygen atoms in total. The van der Waals surface area contributed by atoms with Gasteiger partial charge in [-0.1, -0.05) is 24.3 Å². The molecule has 4 bridgehead atoms. The van der Waals surface area contributed by atoms with E-state index in [4.69, 9.17) is 18.9 Å². The Hall–Kier alpha value is -4.69. The minimum absolute atomic E-state index is 0.136. The molecule has 0 amide bonds. The van der Waals surface area contributed by atoms with Crippen LogP contribution < -0.4 is 0 Å². The number of hydrogen-bond donors (Lipinski definition) is 1. The molecule has 4 saturated carbocycles. The Kier molecular flexibility index (Phi) is 10.3. The van der Waals surface area contributed by atoms with Gasteiger partial charge in [-0.15, -0.1) is 0 Å². The first-order valence-electron chi connectivity index (χ1n) is 18.7. The zero-order valence-corrected chi connectivity index (χ0v) is 34.4. The molecule has 0 heterocycles. The van der Waals surface area contributed by atoms with Gasteiger partial charge in [0.1, 0.15) is 16.8 Å². The fraction of sp³-hybridized carbons (Fsp3) is 0.488. The summed E-state index contributed by atoms with van der Waals surface area (Å²) < 4.78 is 85.7. The first-order chi connectivity index (χ1) is 26.2. The zero-order chi connectivity index (χ0) is 42.3. The van der Waals surface area contributed by atoms with Crippen molar-refractivity contribution in [3.05, 3.63) is 103 Å². The Balaban J connectivity index is 1.52. The number of aryl methyl sites for hydroxylation is 6. The first-order valence-corrected chi connectivity index (χ1v) is 20.1. The summed E-state index contributed by atoms with van der Waals surface area (Å²) >= 11 is 0. The van der Waals surface area contributed by atoms with Gasteiger partial charge in [0.05, 0.1) is 22.1 Å². The van der Waals surface area contributed by atoms with Crippen molar-refractivity contribution in [2.24, 2.45) is 5.41 Å². The van der Waals surface area contributed by atoms with E-state index in [-0.39, 0.29) is 55.2 Å². The van der Waals surface area contributed by atoms with Crippen molar-refractivity contribution >= 4 is 34.0 Å². The second-order valence-electron chi connectivity index (χ2n) is 17.0. The van der Waals surface area contributed by atoms with E-state index < -0.39 is 68.1 Å². The molecular formula is C43H48F2O11S. The molecular weight excluding hydrogens is 763 g/mol. The molecule has 306 valence electrons. The SMILES string of the molecule is Cc1cc(C)c(C)c(C(=O)OC23CC4(OC(=O)c5cc(C)cc(C)c5C)CC(OC(=O)c5c(C)ccc(C)c5C)(C2)CC(C(=O)OCC(F)(F)S(=O)(=O)O)(C3)C4)c1. The van der Waals surface area contributed by atoms with Gasteiger partial charge in [-0.25, -0.2) is 14.4 Å². The fourth-order valence-electron chi connectivity index (χ4n) is 9.80. The molecule has 2 atom stereocenters. The van der Waals surface area contributed by atoms with E-state index in [0.717, 1.165) is 27.8 Å². The average Bonchev–Trinajstić information content (AvgIpc) is 3.06. The number of alkyl halides is 2. The molecule has 4 fully saturated rings. The van der Waals surface area contributed by atoms with Crippen molar-refractivity contribution < 1.29 is 59.9 Å². The van der Waals surface area contributed by atoms with E-state index in [9.17, 15) is 40.9 Å². The van der Waals surface area contributed by atoms with E-state index in [0.29, 0.717) is 22.3 Å². The Morgan fingerprint density at radius 1 is 0.614 bits per heavy atom. The molecule has 4 aliphatic carbocycles. The van der Waals surface area contributed by atoms with Crippen LogP contribution in [0.1, 0.15) is 120 Å². The van der Waals surface area contributed by atoms with E-state index in [2.05, 4.69) is 0 Å². The van der Waals surface area contributed by atoms with Crippen LogP contribution in [0.3, 0.4) is 0 Å². The predicted octanol–water partition coefficient (Wildman–Crippen LogP) is 7.94. The number of esters is 4. The molecule has 2 unspecified atom stereocenters. The summed E-state index contributed by atoms with van der Waals surface area (Å²) in [5, 5.41) is -4.86. The lowest BCUT2D eigenvalue weighted by Gasteiger charge is -2.66. The molecule has 4 aliphatic rings. The number of hydrogen-bond acceptors (Lipinski definition) is 10. The third-order valence-corrected chi connectivity index (χ3v) is 13.1. The summed E-state index contributed by atoms with van der Waals surface area (Å²) in [6, 6.07) is 10.7. The van der Waals surface area contributed by atoms with Crippen molar-refractivity contribution in [2.45, 2.75) is 123 Å². The van der Waals surface area contributed by atoms with Crippen LogP contribution in [-0.2, 0) is 33.9 Å². The van der Waals surface area contributed by atoms with Crippen LogP contribution in [0.25, 0.3) is 0 Å². The summed E-state index contributed by atoms with van der Waals surface area (Å²) in [4.78, 5) is 57.3. The number of halogens is 2. The standard InChI is InChI=1S/C43H48F2O11S/c1-23-12-27(5)29(7)32(14-23)35(46)54-40-16-39(38(49)53-22-43(44,45)57(50,51)52)17-41(19-40,55-36(47)33-15-24(2)13-28(6)30(33)8)21-42(18-39,20-40)56-37(48)34-26(4)11-10-25(3)31(34)9/h10-15H,16-22H2,1-9H3,(H,50,51,52). The summed E-state index contributed by atoms with van der Waals surface area (Å²) in [5.74, 6) is -3.60. The number of benzene rings is 3. The molecule has 0 spiro atoms. The quantitative estimate of drug-likeness (QED) is 0.120. The van der Waals surface area contributed by atoms with Gasteiger partial charge in [-0.05, 0) is 125 Å². The summed E-state index contributed by atoms with van der Waals surface area (Å²) in [7, 11) is -5.98. The lowest BCUT2D eigenvalue weighted by atomic mass is 9.44. The molecule has 0 radical (unpaired) electrons. The van der Waals surface area contributed by atoms with Crippen LogP contribution in [0.5, 0.6) is 0 Å². The van der Waals surface area contributed by atoms with Gasteiger partial charge in [0.25, 0.3) is 0 Å². The van der Waals surface area contributed by atoms with E-state index in [1.54, 1.807) is 45.9 Å². The molecule has 0 aromatic heterocycles. The molecule has 1 N–H and O–H groups in total. The lowest BCUT2D eigenvalue weighted by molar-refractivity contribution is -0.278. The normalized spacial score (nSPS) is 25.2. The van der Waals surface area contributed by atoms with Crippen LogP contribution in [0, 0.1) is 67.7 Å². The maximum Gasteiger partial charge on any atom is 0.402 e. The monoisotopic (exact) mass is 810 g/mol. The molecule has 57 heavy (non-hydrogen) atoms.